The van der Waals surface area contributed by atoms with Gasteiger partial charge in [0.15, 0.2) is 0 Å². The number of nitrogens with zero attached hydrogens (tertiary/aromatic N) is 1. The Morgan fingerprint density at radius 1 is 1.47 bits per heavy atom. The Balaban J connectivity index is 1.63. The zero-order valence-corrected chi connectivity index (χ0v) is 10.4. The summed E-state index contributed by atoms with van der Waals surface area (Å²) in [6.07, 6.45) is 2.57. The lowest BCUT2D eigenvalue weighted by Gasteiger charge is -2.22. The number of fused-ring (bicyclic) bond motifs is 1. The van der Waals surface area contributed by atoms with Gasteiger partial charge in [-0.3, -0.25) is 0 Å². The van der Waals surface area contributed by atoms with Crippen molar-refractivity contribution in [3.05, 3.63) is 17.2 Å². The molecule has 3 heterocycles. The van der Waals surface area contributed by atoms with Crippen LogP contribution in [0.25, 0.3) is 0 Å². The smallest absolute Gasteiger partial charge is 0.235 e. The van der Waals surface area contributed by atoms with Crippen molar-refractivity contribution in [2.24, 2.45) is 5.92 Å². The van der Waals surface area contributed by atoms with Gasteiger partial charge >= 0.3 is 0 Å². The second-order valence-corrected chi connectivity index (χ2v) is 5.06. The SMILES string of the molecule is COc1ccc(Cl)c(OCC2NC3CC2C3)n1. The first-order valence-corrected chi connectivity index (χ1v) is 6.23. The van der Waals surface area contributed by atoms with Crippen LogP contribution in [0.4, 0.5) is 0 Å². The second kappa shape index (κ2) is 4.35. The molecule has 1 aliphatic carbocycles. The van der Waals surface area contributed by atoms with E-state index >= 15 is 0 Å². The molecule has 4 nitrogen and oxygen atoms in total. The summed E-state index contributed by atoms with van der Waals surface area (Å²) in [5.41, 5.74) is 0. The molecule has 1 saturated carbocycles. The van der Waals surface area contributed by atoms with E-state index in [2.05, 4.69) is 10.3 Å². The molecule has 1 aromatic heterocycles. The van der Waals surface area contributed by atoms with Crippen molar-refractivity contribution in [1.82, 2.24) is 10.3 Å². The quantitative estimate of drug-likeness (QED) is 0.891. The monoisotopic (exact) mass is 254 g/mol. The van der Waals surface area contributed by atoms with Gasteiger partial charge < -0.3 is 14.8 Å². The molecule has 2 bridgehead atoms. The minimum atomic E-state index is 0.448. The summed E-state index contributed by atoms with van der Waals surface area (Å²) in [5.74, 6) is 1.74. The van der Waals surface area contributed by atoms with E-state index in [-0.39, 0.29) is 0 Å². The van der Waals surface area contributed by atoms with E-state index in [0.717, 1.165) is 5.92 Å². The molecular formula is C12H15ClN2O2. The molecule has 1 N–H and O–H groups in total. The second-order valence-electron chi connectivity index (χ2n) is 4.65. The standard InChI is InChI=1S/C12H15ClN2O2/c1-16-11-3-2-9(13)12(15-11)17-6-10-7-4-8(5-7)14-10/h2-3,7-8,10,14H,4-6H2,1H3. The summed E-state index contributed by atoms with van der Waals surface area (Å²) < 4.78 is 10.7. The van der Waals surface area contributed by atoms with E-state index in [9.17, 15) is 0 Å². The number of hydrogen-bond acceptors (Lipinski definition) is 4. The van der Waals surface area contributed by atoms with Crippen molar-refractivity contribution in [1.29, 1.82) is 0 Å². The van der Waals surface area contributed by atoms with Crippen molar-refractivity contribution in [3.8, 4) is 11.8 Å². The van der Waals surface area contributed by atoms with Crippen molar-refractivity contribution in [2.45, 2.75) is 24.9 Å². The number of pyridine rings is 1. The van der Waals surface area contributed by atoms with Gasteiger partial charge in [0, 0.05) is 18.2 Å². The van der Waals surface area contributed by atoms with Crippen molar-refractivity contribution < 1.29 is 9.47 Å². The first-order valence-electron chi connectivity index (χ1n) is 5.85. The minimum Gasteiger partial charge on any atom is -0.481 e. The normalized spacial score (nSPS) is 29.9. The third-order valence-electron chi connectivity index (χ3n) is 3.59. The van der Waals surface area contributed by atoms with Crippen LogP contribution in [0.5, 0.6) is 11.8 Å². The van der Waals surface area contributed by atoms with Crippen LogP contribution in [0.1, 0.15) is 12.8 Å². The summed E-state index contributed by atoms with van der Waals surface area (Å²) in [5, 5.41) is 4.04. The Kier molecular flexibility index (Phi) is 2.84. The highest BCUT2D eigenvalue weighted by Gasteiger charge is 2.44. The van der Waals surface area contributed by atoms with Crippen LogP contribution in [-0.4, -0.2) is 30.8 Å². The number of aromatic nitrogens is 1. The molecule has 92 valence electrons. The van der Waals surface area contributed by atoms with Crippen LogP contribution >= 0.6 is 11.6 Å². The lowest BCUT2D eigenvalue weighted by atomic mass is 9.83. The molecule has 0 spiro atoms. The van der Waals surface area contributed by atoms with E-state index in [4.69, 9.17) is 21.1 Å². The van der Waals surface area contributed by atoms with Gasteiger partial charge in [0.2, 0.25) is 11.8 Å². The molecule has 3 aliphatic rings. The molecular weight excluding hydrogens is 240 g/mol. The maximum Gasteiger partial charge on any atom is 0.235 e. The van der Waals surface area contributed by atoms with Gasteiger partial charge in [0.25, 0.3) is 0 Å². The fourth-order valence-electron chi connectivity index (χ4n) is 2.54. The highest BCUT2D eigenvalue weighted by molar-refractivity contribution is 6.31. The van der Waals surface area contributed by atoms with Gasteiger partial charge in [-0.1, -0.05) is 11.6 Å². The molecule has 2 saturated heterocycles. The van der Waals surface area contributed by atoms with Gasteiger partial charge in [-0.15, -0.1) is 0 Å². The highest BCUT2D eigenvalue weighted by Crippen LogP contribution is 2.38. The molecule has 0 amide bonds. The maximum absolute atomic E-state index is 6.02. The van der Waals surface area contributed by atoms with Crippen molar-refractivity contribution >= 4 is 11.6 Å². The minimum absolute atomic E-state index is 0.448. The van der Waals surface area contributed by atoms with E-state index in [1.165, 1.54) is 12.8 Å². The Morgan fingerprint density at radius 3 is 2.94 bits per heavy atom. The van der Waals surface area contributed by atoms with Crippen molar-refractivity contribution in [2.75, 3.05) is 13.7 Å². The van der Waals surface area contributed by atoms with Crippen LogP contribution in [0.3, 0.4) is 0 Å². The van der Waals surface area contributed by atoms with Crippen LogP contribution < -0.4 is 14.8 Å². The number of hydrogen-bond donors (Lipinski definition) is 1. The topological polar surface area (TPSA) is 43.4 Å². The number of nitrogens with one attached hydrogen (secondary N) is 1. The fourth-order valence-corrected chi connectivity index (χ4v) is 2.70. The van der Waals surface area contributed by atoms with E-state index in [0.29, 0.717) is 35.5 Å². The first-order chi connectivity index (χ1) is 8.26. The number of rotatable bonds is 4. The lowest BCUT2D eigenvalue weighted by molar-refractivity contribution is 0.239. The van der Waals surface area contributed by atoms with E-state index in [1.54, 1.807) is 19.2 Å². The third-order valence-corrected chi connectivity index (χ3v) is 3.88. The van der Waals surface area contributed by atoms with E-state index in [1.807, 2.05) is 0 Å². The molecule has 4 rings (SSSR count). The predicted octanol–water partition coefficient (Wildman–Crippen LogP) is 1.87. The van der Waals surface area contributed by atoms with Crippen molar-refractivity contribution in [3.63, 3.8) is 0 Å². The van der Waals surface area contributed by atoms with Crippen LogP contribution in [0, 0.1) is 5.92 Å². The Hall–Kier alpha value is -1.00. The molecule has 3 fully saturated rings. The summed E-state index contributed by atoms with van der Waals surface area (Å²) in [4.78, 5) is 4.19. The van der Waals surface area contributed by atoms with Crippen LogP contribution in [0.2, 0.25) is 5.02 Å². The third kappa shape index (κ3) is 2.07. The zero-order chi connectivity index (χ0) is 11.8. The molecule has 5 heteroatoms. The molecule has 17 heavy (non-hydrogen) atoms. The first kappa shape index (κ1) is 11.1. The number of halogens is 1. The molecule has 1 atom stereocenters. The zero-order valence-electron chi connectivity index (χ0n) is 9.65. The van der Waals surface area contributed by atoms with Gasteiger partial charge in [-0.2, -0.15) is 4.98 Å². The van der Waals surface area contributed by atoms with E-state index < -0.39 is 0 Å². The van der Waals surface area contributed by atoms with Gasteiger partial charge in [-0.25, -0.2) is 0 Å². The Bertz CT molecular complexity index is 421. The van der Waals surface area contributed by atoms with Gasteiger partial charge in [-0.05, 0) is 24.8 Å². The number of ether oxygens (including phenoxy) is 2. The molecule has 1 aromatic rings. The van der Waals surface area contributed by atoms with Gasteiger partial charge in [0.1, 0.15) is 11.6 Å². The van der Waals surface area contributed by atoms with Crippen LogP contribution in [0.15, 0.2) is 12.1 Å². The molecule has 0 radical (unpaired) electrons. The Morgan fingerprint density at radius 2 is 2.29 bits per heavy atom. The summed E-state index contributed by atoms with van der Waals surface area (Å²) in [6.45, 7) is 0.626. The Labute approximate surface area is 105 Å². The summed E-state index contributed by atoms with van der Waals surface area (Å²) >= 11 is 6.02. The summed E-state index contributed by atoms with van der Waals surface area (Å²) in [6, 6.07) is 4.62. The molecule has 1 unspecified atom stereocenters. The maximum atomic E-state index is 6.02. The molecule has 0 aromatic carbocycles. The average Bonchev–Trinajstić information content (AvgIpc) is 2.86. The average molecular weight is 255 g/mol. The largest absolute Gasteiger partial charge is 0.481 e. The van der Waals surface area contributed by atoms with Crippen LogP contribution in [-0.2, 0) is 0 Å². The summed E-state index contributed by atoms with van der Waals surface area (Å²) in [7, 11) is 1.58. The lowest BCUT2D eigenvalue weighted by Crippen LogP contribution is -2.29. The highest BCUT2D eigenvalue weighted by atomic mass is 35.5. The predicted molar refractivity (Wildman–Crippen MR) is 64.7 cm³/mol. The van der Waals surface area contributed by atoms with Gasteiger partial charge in [0.05, 0.1) is 7.11 Å². The number of methoxy groups -OCH3 is 1. The molecule has 2 aliphatic heterocycles. The fraction of sp³-hybridized carbons (Fsp3) is 0.583.